The first-order chi connectivity index (χ1) is 21.6. The van der Waals surface area contributed by atoms with E-state index in [1.807, 2.05) is 0 Å². The Morgan fingerprint density at radius 1 is 0.609 bits per heavy atom. The molecular formula is C29H36O16Se. The number of rotatable bonds is 12. The summed E-state index contributed by atoms with van der Waals surface area (Å²) in [6.45, 7) is 7.84. The van der Waals surface area contributed by atoms with Gasteiger partial charge in [0.05, 0.1) is 0 Å². The van der Waals surface area contributed by atoms with Crippen LogP contribution in [-0.4, -0.2) is 113 Å². The van der Waals surface area contributed by atoms with E-state index < -0.39 is 105 Å². The van der Waals surface area contributed by atoms with Gasteiger partial charge in [-0.15, -0.1) is 0 Å². The molecule has 1 aromatic rings. The van der Waals surface area contributed by atoms with Crippen LogP contribution < -0.4 is 0 Å². The van der Waals surface area contributed by atoms with Crippen molar-refractivity contribution in [2.75, 3.05) is 19.8 Å². The average molecular weight is 720 g/mol. The van der Waals surface area contributed by atoms with Crippen LogP contribution in [0.3, 0.4) is 0 Å². The van der Waals surface area contributed by atoms with E-state index in [4.69, 9.17) is 42.6 Å². The summed E-state index contributed by atoms with van der Waals surface area (Å²) in [6.07, 6.45) is -9.30. The van der Waals surface area contributed by atoms with E-state index in [0.717, 1.165) is 27.7 Å². The SMILES string of the molecule is CCOC(=O)c1cc([C@@H]2O[C@H](COC(C)=O)[C@@H](OC(C)=O)[C@H]2OC(C)=O)[se]c1[C@@H]1O[C@H](COC(C)=O)[C@@H](OC(C)=O)[C@H]1OC(C)=O. The molecule has 2 aliphatic rings. The molecule has 2 saturated heterocycles. The van der Waals surface area contributed by atoms with Crippen LogP contribution in [0.4, 0.5) is 0 Å². The van der Waals surface area contributed by atoms with E-state index in [-0.39, 0.29) is 25.4 Å². The number of carbonyl (C=O) groups is 7. The van der Waals surface area contributed by atoms with Crippen molar-refractivity contribution in [1.29, 1.82) is 0 Å². The number of hydrogen-bond acceptors (Lipinski definition) is 16. The molecule has 0 unspecified atom stereocenters. The molecular weight excluding hydrogens is 683 g/mol. The van der Waals surface area contributed by atoms with Crippen LogP contribution in [0, 0.1) is 0 Å². The Bertz CT molecular complexity index is 1340. The molecule has 46 heavy (non-hydrogen) atoms. The van der Waals surface area contributed by atoms with Crippen molar-refractivity contribution in [3.05, 3.63) is 20.5 Å². The summed E-state index contributed by atoms with van der Waals surface area (Å²) in [6, 6.07) is 1.46. The Morgan fingerprint density at radius 2 is 1.02 bits per heavy atom. The minimum absolute atomic E-state index is 0.00478. The molecule has 254 valence electrons. The monoisotopic (exact) mass is 720 g/mol. The Balaban J connectivity index is 2.15. The van der Waals surface area contributed by atoms with Crippen molar-refractivity contribution < 1.29 is 76.2 Å². The van der Waals surface area contributed by atoms with Gasteiger partial charge in [0.1, 0.15) is 0 Å². The number of esters is 7. The van der Waals surface area contributed by atoms with E-state index in [9.17, 15) is 33.6 Å². The summed E-state index contributed by atoms with van der Waals surface area (Å²) < 4.78 is 50.5. The molecule has 0 bridgehead atoms. The zero-order valence-corrected chi connectivity index (χ0v) is 28.0. The first kappa shape index (κ1) is 36.7. The third-order valence-electron chi connectivity index (χ3n) is 6.54. The van der Waals surface area contributed by atoms with Crippen molar-refractivity contribution in [2.24, 2.45) is 0 Å². The van der Waals surface area contributed by atoms with Crippen molar-refractivity contribution in [2.45, 2.75) is 97.3 Å². The average Bonchev–Trinajstić information content (AvgIpc) is 3.60. The van der Waals surface area contributed by atoms with Crippen LogP contribution in [0.15, 0.2) is 6.07 Å². The summed E-state index contributed by atoms with van der Waals surface area (Å²) in [5, 5.41) is 0. The van der Waals surface area contributed by atoms with Gasteiger partial charge in [0.15, 0.2) is 0 Å². The van der Waals surface area contributed by atoms with E-state index in [1.165, 1.54) is 19.9 Å². The maximum absolute atomic E-state index is 13.3. The van der Waals surface area contributed by atoms with Gasteiger partial charge in [-0.1, -0.05) is 0 Å². The molecule has 2 aliphatic heterocycles. The van der Waals surface area contributed by atoms with Crippen LogP contribution in [-0.2, 0) is 71.4 Å². The van der Waals surface area contributed by atoms with Gasteiger partial charge in [-0.25, -0.2) is 0 Å². The van der Waals surface area contributed by atoms with Crippen molar-refractivity contribution >= 4 is 56.3 Å². The van der Waals surface area contributed by atoms with Gasteiger partial charge in [-0.05, 0) is 0 Å². The zero-order valence-electron chi connectivity index (χ0n) is 26.3. The normalized spacial score (nSPS) is 26.8. The Morgan fingerprint density at radius 3 is 1.43 bits per heavy atom. The summed E-state index contributed by atoms with van der Waals surface area (Å²) in [7, 11) is 0. The first-order valence-corrected chi connectivity index (χ1v) is 15.9. The van der Waals surface area contributed by atoms with E-state index in [0.29, 0.717) is 8.87 Å². The summed E-state index contributed by atoms with van der Waals surface area (Å²) >= 11 is -0.873. The van der Waals surface area contributed by atoms with Crippen molar-refractivity contribution in [3.63, 3.8) is 0 Å². The molecule has 0 amide bonds. The zero-order chi connectivity index (χ0) is 34.3. The molecule has 0 radical (unpaired) electrons. The second kappa shape index (κ2) is 16.2. The molecule has 0 saturated carbocycles. The van der Waals surface area contributed by atoms with Crippen LogP contribution >= 0.6 is 0 Å². The number of carbonyl (C=O) groups excluding carboxylic acids is 7. The Hall–Kier alpha value is -3.79. The van der Waals surface area contributed by atoms with Crippen molar-refractivity contribution in [3.8, 4) is 0 Å². The predicted molar refractivity (Wildman–Crippen MR) is 150 cm³/mol. The molecule has 17 heteroatoms. The van der Waals surface area contributed by atoms with Gasteiger partial charge in [-0.3, -0.25) is 0 Å². The maximum atomic E-state index is 13.3. The van der Waals surface area contributed by atoms with Gasteiger partial charge in [-0.2, -0.15) is 0 Å². The van der Waals surface area contributed by atoms with E-state index >= 15 is 0 Å². The second-order valence-electron chi connectivity index (χ2n) is 10.2. The van der Waals surface area contributed by atoms with E-state index in [1.54, 1.807) is 6.92 Å². The molecule has 0 aliphatic carbocycles. The van der Waals surface area contributed by atoms with Crippen LogP contribution in [0.2, 0.25) is 0 Å². The molecule has 8 atom stereocenters. The van der Waals surface area contributed by atoms with Crippen LogP contribution in [0.25, 0.3) is 0 Å². The summed E-state index contributed by atoms with van der Waals surface area (Å²) in [4.78, 5) is 84.8. The van der Waals surface area contributed by atoms with Gasteiger partial charge in [0, 0.05) is 0 Å². The fraction of sp³-hybridized carbons (Fsp3) is 0.621. The predicted octanol–water partition coefficient (Wildman–Crippen LogP) is 0.653. The van der Waals surface area contributed by atoms with Gasteiger partial charge >= 0.3 is 270 Å². The molecule has 0 aromatic carbocycles. The molecule has 2 fully saturated rings. The molecule has 0 N–H and O–H groups in total. The number of ether oxygens (including phenoxy) is 9. The molecule has 3 rings (SSSR count). The molecule has 3 heterocycles. The third-order valence-corrected chi connectivity index (χ3v) is 9.18. The van der Waals surface area contributed by atoms with Crippen LogP contribution in [0.1, 0.15) is 79.9 Å². The third kappa shape index (κ3) is 9.37. The minimum atomic E-state index is -1.27. The van der Waals surface area contributed by atoms with Gasteiger partial charge in [0.25, 0.3) is 0 Å². The van der Waals surface area contributed by atoms with Crippen molar-refractivity contribution in [1.82, 2.24) is 0 Å². The Labute approximate surface area is 269 Å². The topological polar surface area (TPSA) is 203 Å². The van der Waals surface area contributed by atoms with Crippen LogP contribution in [0.5, 0.6) is 0 Å². The first-order valence-electron chi connectivity index (χ1n) is 14.2. The second-order valence-corrected chi connectivity index (χ2v) is 12.6. The fourth-order valence-electron chi connectivity index (χ4n) is 5.02. The standard InChI is InChI=1S/C29H36O16Se/c1-8-37-29(36)18-9-21(24-25(42-16(6)34)22(40-14(4)32)19(44-24)10-38-12(2)30)46-28(18)27-26(43-17(7)35)23(41-15(5)33)20(45-27)11-39-13(3)31/h9,19-20,22-27H,8,10-11H2,1-7H3/t19-,20-,22-,23-,24+,25-,26-,27-/m1/s1. The fourth-order valence-corrected chi connectivity index (χ4v) is 7.73. The van der Waals surface area contributed by atoms with Gasteiger partial charge in [0.2, 0.25) is 0 Å². The summed E-state index contributed by atoms with van der Waals surface area (Å²) in [5.74, 6) is -4.94. The molecule has 0 spiro atoms. The quantitative estimate of drug-likeness (QED) is 0.165. The number of hydrogen-bond donors (Lipinski definition) is 0. The Kier molecular flexibility index (Phi) is 12.9. The molecule has 16 nitrogen and oxygen atoms in total. The molecule has 1 aromatic heterocycles. The van der Waals surface area contributed by atoms with E-state index in [2.05, 4.69) is 0 Å². The van der Waals surface area contributed by atoms with Gasteiger partial charge < -0.3 is 0 Å². The summed E-state index contributed by atoms with van der Waals surface area (Å²) in [5.41, 5.74) is 0.0198.